The summed E-state index contributed by atoms with van der Waals surface area (Å²) in [7, 11) is 1.84. The number of aliphatic carboxylic acids is 1. The number of carbonyl (C=O) groups is 9. The number of carbonyl (C=O) groups excluding carboxylic acids is 8. The number of carboxylic acid groups (broad SMARTS) is 1. The van der Waals surface area contributed by atoms with E-state index < -0.39 is 96.5 Å². The summed E-state index contributed by atoms with van der Waals surface area (Å²) in [6.07, 6.45) is -1.14. The van der Waals surface area contributed by atoms with Gasteiger partial charge in [0.15, 0.2) is 5.96 Å². The molecule has 7 amide bonds. The molecule has 5 atom stereocenters. The van der Waals surface area contributed by atoms with Crippen LogP contribution in [0.5, 0.6) is 5.75 Å². The molecule has 3 aliphatic rings. The van der Waals surface area contributed by atoms with E-state index in [0.717, 1.165) is 22.2 Å². The lowest BCUT2D eigenvalue weighted by Gasteiger charge is -2.46. The number of ether oxygens (including phenoxy) is 1. The lowest BCUT2D eigenvalue weighted by atomic mass is 9.96. The summed E-state index contributed by atoms with van der Waals surface area (Å²) in [4.78, 5) is 130. The SMILES string of the molecule is CN1c2ccc(F)cc2C(=O)N2CCc3c([nH]c4ccc(OC(=O)CCCC(=O)NCC[C@@H]5NC(=O)[C@H](Cc6ccccc6)NC(=O)[C@H](CC(=O)O)NC(=O)CNC(=O)[C@H](CCCN=C(N)N)NC5=O)cc34)C21. The molecule has 1 fully saturated rings. The Balaban J connectivity index is 0.984. The highest BCUT2D eigenvalue weighted by Crippen LogP contribution is 2.43. The van der Waals surface area contributed by atoms with Crippen molar-refractivity contribution < 1.29 is 57.4 Å². The van der Waals surface area contributed by atoms with E-state index in [1.807, 2.05) is 11.9 Å². The van der Waals surface area contributed by atoms with Crippen molar-refractivity contribution in [1.82, 2.24) is 41.8 Å². The molecule has 0 radical (unpaired) electrons. The van der Waals surface area contributed by atoms with Crippen LogP contribution in [0.2, 0.25) is 0 Å². The molecule has 0 spiro atoms. The number of aromatic nitrogens is 1. The number of nitrogens with zero attached hydrogens (tertiary/aromatic N) is 3. The second-order valence-electron chi connectivity index (χ2n) is 17.8. The van der Waals surface area contributed by atoms with Crippen LogP contribution >= 0.6 is 0 Å². The maximum atomic E-state index is 14.1. The number of carboxylic acids is 1. The highest BCUT2D eigenvalue weighted by molar-refractivity contribution is 6.03. The number of esters is 1. The average Bonchev–Trinajstić information content (AvgIpc) is 3.72. The number of aliphatic imine (C=N–C) groups is 1. The molecule has 73 heavy (non-hydrogen) atoms. The Kier molecular flexibility index (Phi) is 16.9. The summed E-state index contributed by atoms with van der Waals surface area (Å²) >= 11 is 0. The van der Waals surface area contributed by atoms with Crippen LogP contribution in [0.25, 0.3) is 10.9 Å². The standard InChI is InChI=1S/C49H57FN12O11/c1-61-37-15-12-27(50)22-31(37)48(72)62-20-17-29-30-23-28(13-14-32(30)57-42(29)47(61)62)73-41(67)11-5-10-38(63)53-19-16-34-44(69)58-33(9-6-18-54-49(51)52)43(68)55-25-39(64)56-36(24-40(65)66)46(71)60-35(45(70)59-34)21-26-7-3-2-4-8-26/h2-4,7-8,12-15,22-23,33-36,47,57H,5-6,9-11,16-21,24-25H2,1H3,(H,53,63)(H,55,68)(H,56,64)(H,58,69)(H,59,70)(H,60,71)(H,65,66)(H4,51,52,54)/t33-,34-,35-,36-,47?/m0/s1. The van der Waals surface area contributed by atoms with E-state index in [4.69, 9.17) is 16.2 Å². The molecule has 4 aromatic rings. The van der Waals surface area contributed by atoms with Crippen molar-refractivity contribution in [2.75, 3.05) is 38.1 Å². The first-order chi connectivity index (χ1) is 34.9. The Labute approximate surface area is 417 Å². The maximum Gasteiger partial charge on any atom is 0.311 e. The first kappa shape index (κ1) is 52.3. The number of benzene rings is 3. The monoisotopic (exact) mass is 1010 g/mol. The molecule has 0 aliphatic carbocycles. The van der Waals surface area contributed by atoms with Crippen LogP contribution in [-0.4, -0.2) is 132 Å². The molecule has 386 valence electrons. The number of H-pyrrole nitrogens is 1. The molecular formula is C49H57FN12O11. The highest BCUT2D eigenvalue weighted by Gasteiger charge is 2.42. The van der Waals surface area contributed by atoms with Gasteiger partial charge in [0.05, 0.1) is 29.9 Å². The van der Waals surface area contributed by atoms with Crippen molar-refractivity contribution in [2.45, 2.75) is 88.1 Å². The number of hydrogen-bond donors (Lipinski definition) is 10. The summed E-state index contributed by atoms with van der Waals surface area (Å²) in [6.45, 7) is -0.411. The highest BCUT2D eigenvalue weighted by atomic mass is 19.1. The van der Waals surface area contributed by atoms with Crippen LogP contribution in [0.15, 0.2) is 71.7 Å². The van der Waals surface area contributed by atoms with Gasteiger partial charge in [-0.3, -0.25) is 48.1 Å². The van der Waals surface area contributed by atoms with Crippen LogP contribution in [0, 0.1) is 5.82 Å². The number of hydrogen-bond acceptors (Lipinski definition) is 12. The number of nitrogens with two attached hydrogens (primary N) is 2. The molecule has 4 heterocycles. The zero-order valence-electron chi connectivity index (χ0n) is 39.8. The van der Waals surface area contributed by atoms with E-state index in [0.29, 0.717) is 29.8 Å². The Morgan fingerprint density at radius 3 is 2.29 bits per heavy atom. The van der Waals surface area contributed by atoms with E-state index in [2.05, 4.69) is 41.9 Å². The van der Waals surface area contributed by atoms with E-state index in [-0.39, 0.29) is 75.7 Å². The molecular weight excluding hydrogens is 952 g/mol. The molecule has 24 heteroatoms. The first-order valence-electron chi connectivity index (χ1n) is 23.7. The summed E-state index contributed by atoms with van der Waals surface area (Å²) in [5.41, 5.74) is 14.9. The predicted octanol–water partition coefficient (Wildman–Crippen LogP) is -0.124. The van der Waals surface area contributed by atoms with Crippen molar-refractivity contribution in [1.29, 1.82) is 0 Å². The minimum Gasteiger partial charge on any atom is -0.481 e. The van der Waals surface area contributed by atoms with Crippen molar-refractivity contribution in [2.24, 2.45) is 16.5 Å². The number of guanidine groups is 1. The maximum absolute atomic E-state index is 14.1. The third-order valence-corrected chi connectivity index (χ3v) is 12.6. The first-order valence-corrected chi connectivity index (χ1v) is 23.7. The normalized spacial score (nSPS) is 20.3. The third kappa shape index (κ3) is 13.2. The van der Waals surface area contributed by atoms with Gasteiger partial charge in [0, 0.05) is 56.8 Å². The minimum atomic E-state index is -1.66. The fourth-order valence-corrected chi connectivity index (χ4v) is 9.06. The molecule has 0 bridgehead atoms. The van der Waals surface area contributed by atoms with Gasteiger partial charge in [0.2, 0.25) is 35.4 Å². The Morgan fingerprint density at radius 2 is 1.55 bits per heavy atom. The van der Waals surface area contributed by atoms with Gasteiger partial charge < -0.3 is 68.0 Å². The molecule has 1 unspecified atom stereocenters. The number of halogens is 1. The molecule has 12 N–H and O–H groups in total. The molecule has 1 saturated heterocycles. The minimum absolute atomic E-state index is 0.0300. The third-order valence-electron chi connectivity index (χ3n) is 12.6. The van der Waals surface area contributed by atoms with E-state index >= 15 is 0 Å². The van der Waals surface area contributed by atoms with Crippen molar-refractivity contribution in [3.05, 3.63) is 94.9 Å². The van der Waals surface area contributed by atoms with Gasteiger partial charge in [-0.05, 0) is 79.6 Å². The molecule has 3 aromatic carbocycles. The Bertz CT molecular complexity index is 2820. The topological polar surface area (TPSA) is 342 Å². The zero-order valence-corrected chi connectivity index (χ0v) is 39.8. The second kappa shape index (κ2) is 23.6. The van der Waals surface area contributed by atoms with Crippen LogP contribution in [0.1, 0.15) is 78.3 Å². The summed E-state index contributed by atoms with van der Waals surface area (Å²) in [5.74, 6) is -7.67. The lowest BCUT2D eigenvalue weighted by Crippen LogP contribution is -2.58. The van der Waals surface area contributed by atoms with Gasteiger partial charge in [-0.25, -0.2) is 4.39 Å². The Hall–Kier alpha value is -8.57. The van der Waals surface area contributed by atoms with Crippen LogP contribution < -0.4 is 53.0 Å². The van der Waals surface area contributed by atoms with Crippen molar-refractivity contribution in [3.8, 4) is 5.75 Å². The Morgan fingerprint density at radius 1 is 0.836 bits per heavy atom. The number of nitrogens with one attached hydrogen (secondary N) is 7. The fourth-order valence-electron chi connectivity index (χ4n) is 9.06. The van der Waals surface area contributed by atoms with Gasteiger partial charge in [-0.2, -0.15) is 0 Å². The molecule has 1 aromatic heterocycles. The van der Waals surface area contributed by atoms with Crippen LogP contribution in [0.4, 0.5) is 10.1 Å². The van der Waals surface area contributed by atoms with Gasteiger partial charge in [0.1, 0.15) is 41.9 Å². The quantitative estimate of drug-likeness (QED) is 0.0230. The smallest absolute Gasteiger partial charge is 0.311 e. The van der Waals surface area contributed by atoms with Gasteiger partial charge >= 0.3 is 11.9 Å². The zero-order chi connectivity index (χ0) is 52.3. The molecule has 0 saturated carbocycles. The largest absolute Gasteiger partial charge is 0.481 e. The summed E-state index contributed by atoms with van der Waals surface area (Å²) in [6, 6.07) is 12.0. The van der Waals surface area contributed by atoms with Crippen LogP contribution in [0.3, 0.4) is 0 Å². The van der Waals surface area contributed by atoms with E-state index in [1.54, 1.807) is 59.5 Å². The number of aromatic amines is 1. The van der Waals surface area contributed by atoms with Gasteiger partial charge in [-0.15, -0.1) is 0 Å². The van der Waals surface area contributed by atoms with Crippen LogP contribution in [-0.2, 0) is 51.2 Å². The lowest BCUT2D eigenvalue weighted by molar-refractivity contribution is -0.141. The van der Waals surface area contributed by atoms with Gasteiger partial charge in [-0.1, -0.05) is 30.3 Å². The number of rotatable bonds is 16. The molecule has 7 rings (SSSR count). The van der Waals surface area contributed by atoms with E-state index in [9.17, 15) is 52.6 Å². The van der Waals surface area contributed by atoms with E-state index in [1.165, 1.54) is 12.1 Å². The molecule has 23 nitrogen and oxygen atoms in total. The van der Waals surface area contributed by atoms with Crippen molar-refractivity contribution in [3.63, 3.8) is 0 Å². The average molecular weight is 1010 g/mol. The number of fused-ring (bicyclic) bond motifs is 6. The van der Waals surface area contributed by atoms with Crippen molar-refractivity contribution >= 4 is 75.8 Å². The summed E-state index contributed by atoms with van der Waals surface area (Å²) < 4.78 is 19.8. The second-order valence-corrected chi connectivity index (χ2v) is 17.8. The number of anilines is 1. The fraction of sp³-hybridized carbons (Fsp3) is 0.388. The summed E-state index contributed by atoms with van der Waals surface area (Å²) in [5, 5.41) is 25.4. The number of amides is 7. The van der Waals surface area contributed by atoms with Gasteiger partial charge in [0.25, 0.3) is 5.91 Å². The molecule has 3 aliphatic heterocycles. The predicted molar refractivity (Wildman–Crippen MR) is 261 cm³/mol.